The van der Waals surface area contributed by atoms with Crippen LogP contribution < -0.4 is 26.1 Å². The van der Waals surface area contributed by atoms with Crippen molar-refractivity contribution in [3.63, 3.8) is 0 Å². The number of amides is 1. The lowest BCUT2D eigenvalue weighted by Gasteiger charge is -2.15. The minimum absolute atomic E-state index is 0.0168. The Morgan fingerprint density at radius 1 is 1.29 bits per heavy atom. The number of nitrogens with zero attached hydrogens (tertiary/aromatic N) is 2. The maximum atomic E-state index is 12.6. The van der Waals surface area contributed by atoms with Crippen LogP contribution in [0.1, 0.15) is 18.5 Å². The number of nitrogens with one attached hydrogen (secondary N) is 1. The van der Waals surface area contributed by atoms with Crippen molar-refractivity contribution in [1.29, 1.82) is 0 Å². The van der Waals surface area contributed by atoms with Crippen LogP contribution >= 0.6 is 0 Å². The number of hydrogen-bond donors (Lipinski definition) is 2. The Kier molecular flexibility index (Phi) is 4.48. The molecule has 0 fully saturated rings. The molecule has 9 nitrogen and oxygen atoms in total. The number of nitrogens with two attached hydrogens (primary N) is 1. The third-order valence-electron chi connectivity index (χ3n) is 4.39. The number of rotatable bonds is 5. The molecule has 1 atom stereocenters. The van der Waals surface area contributed by atoms with Crippen LogP contribution in [0.5, 0.6) is 11.5 Å². The molecule has 0 saturated carbocycles. The van der Waals surface area contributed by atoms with Gasteiger partial charge in [0.2, 0.25) is 12.7 Å². The van der Waals surface area contributed by atoms with Crippen molar-refractivity contribution in [2.75, 3.05) is 12.5 Å². The Bertz CT molecular complexity index is 1070. The van der Waals surface area contributed by atoms with E-state index in [1.165, 1.54) is 12.3 Å². The minimum Gasteiger partial charge on any atom is -0.463 e. The molecular weight excluding hydrogens is 364 g/mol. The second-order valence-electron chi connectivity index (χ2n) is 6.29. The molecule has 28 heavy (non-hydrogen) atoms. The summed E-state index contributed by atoms with van der Waals surface area (Å²) in [6.07, 6.45) is 1.49. The monoisotopic (exact) mass is 382 g/mol. The molecule has 3 N–H and O–H groups in total. The molecule has 9 heteroatoms. The van der Waals surface area contributed by atoms with Gasteiger partial charge in [0.15, 0.2) is 17.3 Å². The molecule has 0 radical (unpaired) electrons. The number of nitrogen functional groups attached to an aromatic ring is 1. The maximum absolute atomic E-state index is 12.6. The van der Waals surface area contributed by atoms with Gasteiger partial charge in [-0.3, -0.25) is 9.59 Å². The third-order valence-corrected chi connectivity index (χ3v) is 4.39. The van der Waals surface area contributed by atoms with Gasteiger partial charge in [-0.25, -0.2) is 4.68 Å². The zero-order chi connectivity index (χ0) is 19.7. The average molecular weight is 382 g/mol. The van der Waals surface area contributed by atoms with E-state index in [9.17, 15) is 9.59 Å². The quantitative estimate of drug-likeness (QED) is 0.688. The lowest BCUT2D eigenvalue weighted by atomic mass is 10.2. The summed E-state index contributed by atoms with van der Waals surface area (Å²) in [6.45, 7) is 2.03. The maximum Gasteiger partial charge on any atom is 0.290 e. The summed E-state index contributed by atoms with van der Waals surface area (Å²) in [7, 11) is 0. The number of hydrogen-bond acceptors (Lipinski definition) is 7. The van der Waals surface area contributed by atoms with Crippen molar-refractivity contribution in [3.8, 4) is 23.0 Å². The van der Waals surface area contributed by atoms with Crippen LogP contribution in [0, 0.1) is 0 Å². The summed E-state index contributed by atoms with van der Waals surface area (Å²) < 4.78 is 16.9. The summed E-state index contributed by atoms with van der Waals surface area (Å²) in [5.74, 6) is 1.39. The summed E-state index contributed by atoms with van der Waals surface area (Å²) in [5, 5.41) is 7.02. The van der Waals surface area contributed by atoms with Crippen molar-refractivity contribution in [2.45, 2.75) is 19.5 Å². The molecule has 0 spiro atoms. The van der Waals surface area contributed by atoms with Crippen LogP contribution in [0.25, 0.3) is 11.5 Å². The third kappa shape index (κ3) is 3.29. The first kappa shape index (κ1) is 17.7. The first-order valence-electron chi connectivity index (χ1n) is 8.62. The molecule has 144 valence electrons. The van der Waals surface area contributed by atoms with E-state index < -0.39 is 11.6 Å². The van der Waals surface area contributed by atoms with Crippen molar-refractivity contribution in [1.82, 2.24) is 15.1 Å². The smallest absolute Gasteiger partial charge is 0.290 e. The molecule has 3 heterocycles. The van der Waals surface area contributed by atoms with E-state index in [2.05, 4.69) is 10.4 Å². The number of aromatic nitrogens is 2. The van der Waals surface area contributed by atoms with Gasteiger partial charge in [-0.2, -0.15) is 5.10 Å². The van der Waals surface area contributed by atoms with Crippen LogP contribution in [0.15, 0.2) is 51.9 Å². The van der Waals surface area contributed by atoms with Crippen molar-refractivity contribution in [3.05, 3.63) is 58.6 Å². The fourth-order valence-corrected chi connectivity index (χ4v) is 2.84. The van der Waals surface area contributed by atoms with E-state index in [0.717, 1.165) is 10.2 Å². The molecule has 0 aliphatic carbocycles. The second-order valence-corrected chi connectivity index (χ2v) is 6.29. The van der Waals surface area contributed by atoms with Gasteiger partial charge in [-0.05, 0) is 42.8 Å². The van der Waals surface area contributed by atoms with E-state index in [-0.39, 0.29) is 24.9 Å². The number of ether oxygens (including phenoxy) is 2. The van der Waals surface area contributed by atoms with Gasteiger partial charge < -0.3 is 24.9 Å². The summed E-state index contributed by atoms with van der Waals surface area (Å²) in [5.41, 5.74) is 6.47. The normalized spacial score (nSPS) is 13.3. The highest BCUT2D eigenvalue weighted by atomic mass is 16.7. The molecule has 4 rings (SSSR count). The van der Waals surface area contributed by atoms with Gasteiger partial charge in [0.1, 0.15) is 17.4 Å². The largest absolute Gasteiger partial charge is 0.463 e. The molecule has 0 unspecified atom stereocenters. The SMILES string of the molecule is C[C@H](C(=O)NCc1ccc2c(c1)OCO2)n1nc(-c2ccco2)cc(N)c1=O. The van der Waals surface area contributed by atoms with E-state index >= 15 is 0 Å². The van der Waals surface area contributed by atoms with Crippen molar-refractivity contribution < 1.29 is 18.7 Å². The number of benzene rings is 1. The van der Waals surface area contributed by atoms with Crippen LogP contribution in [0.3, 0.4) is 0 Å². The standard InChI is InChI=1S/C19H18N4O5/c1-11(18(24)21-9-12-4-5-16-17(7-12)28-10-27-16)23-19(25)13(20)8-14(22-23)15-3-2-6-26-15/h2-8,11H,9-10,20H2,1H3,(H,21,24)/t11-/m1/s1. The Hall–Kier alpha value is -3.75. The molecular formula is C19H18N4O5. The lowest BCUT2D eigenvalue weighted by Crippen LogP contribution is -2.37. The van der Waals surface area contributed by atoms with Gasteiger partial charge >= 0.3 is 0 Å². The lowest BCUT2D eigenvalue weighted by molar-refractivity contribution is -0.124. The summed E-state index contributed by atoms with van der Waals surface area (Å²) in [6, 6.07) is 9.37. The van der Waals surface area contributed by atoms with Crippen molar-refractivity contribution >= 4 is 11.6 Å². The number of carbonyl (C=O) groups excluding carboxylic acids is 1. The first-order chi connectivity index (χ1) is 13.5. The highest BCUT2D eigenvalue weighted by Gasteiger charge is 2.21. The summed E-state index contributed by atoms with van der Waals surface area (Å²) >= 11 is 0. The van der Waals surface area contributed by atoms with E-state index in [4.69, 9.17) is 19.6 Å². The minimum atomic E-state index is -0.862. The molecule has 0 bridgehead atoms. The van der Waals surface area contributed by atoms with Gasteiger partial charge in [-0.15, -0.1) is 0 Å². The Morgan fingerprint density at radius 2 is 2.11 bits per heavy atom. The Morgan fingerprint density at radius 3 is 2.89 bits per heavy atom. The zero-order valence-electron chi connectivity index (χ0n) is 15.0. The number of fused-ring (bicyclic) bond motifs is 1. The fraction of sp³-hybridized carbons (Fsp3) is 0.211. The van der Waals surface area contributed by atoms with Crippen LogP contribution in [-0.4, -0.2) is 22.5 Å². The first-order valence-corrected chi connectivity index (χ1v) is 8.62. The predicted molar refractivity (Wildman–Crippen MR) is 99.7 cm³/mol. The van der Waals surface area contributed by atoms with Gasteiger partial charge in [0.05, 0.1) is 6.26 Å². The van der Waals surface area contributed by atoms with Crippen molar-refractivity contribution in [2.24, 2.45) is 0 Å². The van der Waals surface area contributed by atoms with Crippen LogP contribution in [-0.2, 0) is 11.3 Å². The van der Waals surface area contributed by atoms with E-state index in [1.807, 2.05) is 6.07 Å². The van der Waals surface area contributed by atoms with Gasteiger partial charge in [-0.1, -0.05) is 6.07 Å². The Labute approximate surface area is 159 Å². The molecule has 1 aliphatic heterocycles. The van der Waals surface area contributed by atoms with E-state index in [0.29, 0.717) is 23.0 Å². The summed E-state index contributed by atoms with van der Waals surface area (Å²) in [4.78, 5) is 25.0. The Balaban J connectivity index is 1.51. The number of carbonyl (C=O) groups is 1. The molecule has 2 aromatic heterocycles. The number of anilines is 1. The van der Waals surface area contributed by atoms with Crippen LogP contribution in [0.4, 0.5) is 5.69 Å². The van der Waals surface area contributed by atoms with Crippen LogP contribution in [0.2, 0.25) is 0 Å². The average Bonchev–Trinajstić information content (AvgIpc) is 3.39. The number of furan rings is 1. The molecule has 1 aliphatic rings. The predicted octanol–water partition coefficient (Wildman–Crippen LogP) is 1.69. The molecule has 3 aromatic rings. The molecule has 1 aromatic carbocycles. The molecule has 0 saturated heterocycles. The van der Waals surface area contributed by atoms with Gasteiger partial charge in [0, 0.05) is 6.54 Å². The van der Waals surface area contributed by atoms with E-state index in [1.54, 1.807) is 31.2 Å². The highest BCUT2D eigenvalue weighted by Crippen LogP contribution is 2.32. The second kappa shape index (κ2) is 7.10. The molecule has 1 amide bonds. The fourth-order valence-electron chi connectivity index (χ4n) is 2.84. The topological polar surface area (TPSA) is 122 Å². The van der Waals surface area contributed by atoms with Gasteiger partial charge in [0.25, 0.3) is 5.56 Å². The zero-order valence-corrected chi connectivity index (χ0v) is 15.0. The highest BCUT2D eigenvalue weighted by molar-refractivity contribution is 5.80.